The second-order valence-corrected chi connectivity index (χ2v) is 5.55. The van der Waals surface area contributed by atoms with Gasteiger partial charge in [0.25, 0.3) is 5.91 Å². The number of thioether (sulfide) groups is 1. The van der Waals surface area contributed by atoms with Gasteiger partial charge in [0.1, 0.15) is 5.03 Å². The van der Waals surface area contributed by atoms with Crippen molar-refractivity contribution < 1.29 is 23.9 Å². The molecule has 0 unspecified atom stereocenters. The third-order valence-electron chi connectivity index (χ3n) is 3.11. The number of rotatable bonds is 6. The molecule has 0 fully saturated rings. The van der Waals surface area contributed by atoms with Crippen molar-refractivity contribution in [2.75, 3.05) is 25.3 Å². The molecule has 130 valence electrons. The smallest absolute Gasteiger partial charge is 0.341 e. The van der Waals surface area contributed by atoms with Gasteiger partial charge in [-0.15, -0.1) is 11.8 Å². The highest BCUT2D eigenvalue weighted by Crippen LogP contribution is 2.17. The summed E-state index contributed by atoms with van der Waals surface area (Å²) in [5.41, 5.74) is 1.15. The number of nitrogens with one attached hydrogen (secondary N) is 1. The van der Waals surface area contributed by atoms with E-state index >= 15 is 0 Å². The van der Waals surface area contributed by atoms with Crippen molar-refractivity contribution >= 4 is 35.3 Å². The van der Waals surface area contributed by atoms with Crippen molar-refractivity contribution in [3.05, 3.63) is 53.7 Å². The van der Waals surface area contributed by atoms with E-state index in [1.54, 1.807) is 36.7 Å². The number of nitrogens with zero attached hydrogens (tertiary/aromatic N) is 1. The Morgan fingerprint density at radius 2 is 1.84 bits per heavy atom. The number of carbonyl (C=O) groups is 3. The number of hydrogen-bond acceptors (Lipinski definition) is 7. The maximum absolute atomic E-state index is 12.0. The van der Waals surface area contributed by atoms with E-state index in [9.17, 15) is 14.4 Å². The third kappa shape index (κ3) is 5.05. The van der Waals surface area contributed by atoms with E-state index in [1.807, 2.05) is 0 Å². The molecular weight excluding hydrogens is 344 g/mol. The first-order valence-corrected chi connectivity index (χ1v) is 8.42. The summed E-state index contributed by atoms with van der Waals surface area (Å²) < 4.78 is 9.60. The molecule has 0 saturated heterocycles. The zero-order chi connectivity index (χ0) is 18.2. The van der Waals surface area contributed by atoms with E-state index in [2.05, 4.69) is 15.0 Å². The summed E-state index contributed by atoms with van der Waals surface area (Å²) in [6.07, 6.45) is 3.37. The number of anilines is 1. The Labute approximate surface area is 148 Å². The van der Waals surface area contributed by atoms with Gasteiger partial charge in [-0.3, -0.25) is 4.79 Å². The van der Waals surface area contributed by atoms with E-state index in [0.29, 0.717) is 21.8 Å². The van der Waals surface area contributed by atoms with Crippen LogP contribution in [0.25, 0.3) is 0 Å². The minimum atomic E-state index is -0.617. The first kappa shape index (κ1) is 18.5. The Morgan fingerprint density at radius 1 is 1.12 bits per heavy atom. The molecular formula is C17H16N2O5S. The molecule has 0 radical (unpaired) electrons. The molecule has 0 aliphatic rings. The van der Waals surface area contributed by atoms with Gasteiger partial charge in [0.05, 0.1) is 18.2 Å². The maximum atomic E-state index is 12.0. The molecule has 0 spiro atoms. The van der Waals surface area contributed by atoms with Crippen LogP contribution in [0.1, 0.15) is 20.7 Å². The van der Waals surface area contributed by atoms with Crippen LogP contribution in [0, 0.1) is 0 Å². The summed E-state index contributed by atoms with van der Waals surface area (Å²) in [7, 11) is 1.29. The van der Waals surface area contributed by atoms with Crippen molar-refractivity contribution in [3.63, 3.8) is 0 Å². The van der Waals surface area contributed by atoms with Crippen molar-refractivity contribution in [3.8, 4) is 0 Å². The minimum Gasteiger partial charge on any atom is -0.465 e. The molecule has 1 heterocycles. The second kappa shape index (κ2) is 8.84. The predicted octanol–water partition coefficient (Wildman–Crippen LogP) is 2.39. The molecule has 1 amide bonds. The first-order chi connectivity index (χ1) is 12.0. The third-order valence-corrected chi connectivity index (χ3v) is 3.82. The molecule has 1 N–H and O–H groups in total. The fourth-order valence-corrected chi connectivity index (χ4v) is 2.46. The number of ether oxygens (including phenoxy) is 2. The molecule has 2 aromatic rings. The zero-order valence-corrected chi connectivity index (χ0v) is 14.5. The van der Waals surface area contributed by atoms with Crippen LogP contribution >= 0.6 is 11.8 Å². The zero-order valence-electron chi connectivity index (χ0n) is 13.6. The summed E-state index contributed by atoms with van der Waals surface area (Å²) in [5, 5.41) is 3.11. The number of carbonyl (C=O) groups excluding carboxylic acids is 3. The van der Waals surface area contributed by atoms with Crippen LogP contribution in [0.3, 0.4) is 0 Å². The standard InChI is InChI=1S/C17H16N2O5S/c1-23-16(21)11-5-7-12(8-6-11)19-14(20)10-24-17(22)13-4-3-9-18-15(13)25-2/h3-9H,10H2,1-2H3,(H,19,20). The van der Waals surface area contributed by atoms with Crippen LogP contribution in [-0.4, -0.2) is 42.8 Å². The van der Waals surface area contributed by atoms with Gasteiger partial charge in [0.15, 0.2) is 6.61 Å². The lowest BCUT2D eigenvalue weighted by Gasteiger charge is -2.08. The van der Waals surface area contributed by atoms with Crippen molar-refractivity contribution in [1.82, 2.24) is 4.98 Å². The molecule has 7 nitrogen and oxygen atoms in total. The number of methoxy groups -OCH3 is 1. The highest BCUT2D eigenvalue weighted by atomic mass is 32.2. The summed E-state index contributed by atoms with van der Waals surface area (Å²) in [6.45, 7) is -0.430. The van der Waals surface area contributed by atoms with Crippen molar-refractivity contribution in [1.29, 1.82) is 0 Å². The molecule has 25 heavy (non-hydrogen) atoms. The van der Waals surface area contributed by atoms with E-state index in [-0.39, 0.29) is 0 Å². The molecule has 1 aromatic carbocycles. The molecule has 0 aliphatic carbocycles. The largest absolute Gasteiger partial charge is 0.465 e. The van der Waals surface area contributed by atoms with Crippen LogP contribution in [-0.2, 0) is 14.3 Å². The lowest BCUT2D eigenvalue weighted by atomic mass is 10.2. The molecule has 0 saturated carbocycles. The lowest BCUT2D eigenvalue weighted by molar-refractivity contribution is -0.119. The highest BCUT2D eigenvalue weighted by Gasteiger charge is 2.15. The Morgan fingerprint density at radius 3 is 2.48 bits per heavy atom. The van der Waals surface area contributed by atoms with Gasteiger partial charge in [-0.05, 0) is 42.7 Å². The number of amides is 1. The fourth-order valence-electron chi connectivity index (χ4n) is 1.92. The Hall–Kier alpha value is -2.87. The van der Waals surface area contributed by atoms with E-state index < -0.39 is 24.5 Å². The van der Waals surface area contributed by atoms with Gasteiger partial charge in [-0.25, -0.2) is 14.6 Å². The van der Waals surface area contributed by atoms with E-state index in [0.717, 1.165) is 0 Å². The van der Waals surface area contributed by atoms with Gasteiger partial charge in [0, 0.05) is 11.9 Å². The van der Waals surface area contributed by atoms with E-state index in [1.165, 1.54) is 31.0 Å². The van der Waals surface area contributed by atoms with Gasteiger partial charge < -0.3 is 14.8 Å². The van der Waals surface area contributed by atoms with Crippen LogP contribution in [0.2, 0.25) is 0 Å². The van der Waals surface area contributed by atoms with Crippen LogP contribution in [0.15, 0.2) is 47.6 Å². The molecule has 0 aliphatic heterocycles. The number of pyridine rings is 1. The van der Waals surface area contributed by atoms with Gasteiger partial charge in [-0.1, -0.05) is 0 Å². The van der Waals surface area contributed by atoms with Crippen molar-refractivity contribution in [2.45, 2.75) is 5.03 Å². The number of benzene rings is 1. The van der Waals surface area contributed by atoms with Crippen LogP contribution in [0.4, 0.5) is 5.69 Å². The summed E-state index contributed by atoms with van der Waals surface area (Å²) in [5.74, 6) is -1.57. The quantitative estimate of drug-likeness (QED) is 0.624. The van der Waals surface area contributed by atoms with Gasteiger partial charge in [0.2, 0.25) is 0 Å². The summed E-state index contributed by atoms with van der Waals surface area (Å²) in [6, 6.07) is 9.36. The average molecular weight is 360 g/mol. The lowest BCUT2D eigenvalue weighted by Crippen LogP contribution is -2.21. The fraction of sp³-hybridized carbons (Fsp3) is 0.176. The Kier molecular flexibility index (Phi) is 6.53. The molecule has 8 heteroatoms. The van der Waals surface area contributed by atoms with Crippen LogP contribution in [0.5, 0.6) is 0 Å². The predicted molar refractivity (Wildman–Crippen MR) is 92.7 cm³/mol. The Balaban J connectivity index is 1.90. The maximum Gasteiger partial charge on any atom is 0.341 e. The van der Waals surface area contributed by atoms with Crippen LogP contribution < -0.4 is 5.32 Å². The van der Waals surface area contributed by atoms with Gasteiger partial charge >= 0.3 is 11.9 Å². The monoisotopic (exact) mass is 360 g/mol. The second-order valence-electron chi connectivity index (χ2n) is 4.75. The number of esters is 2. The molecule has 2 rings (SSSR count). The minimum absolute atomic E-state index is 0.310. The molecule has 0 bridgehead atoms. The van der Waals surface area contributed by atoms with Crippen molar-refractivity contribution in [2.24, 2.45) is 0 Å². The number of aromatic nitrogens is 1. The average Bonchev–Trinajstić information content (AvgIpc) is 2.66. The normalized spacial score (nSPS) is 10.0. The molecule has 1 aromatic heterocycles. The SMILES string of the molecule is COC(=O)c1ccc(NC(=O)COC(=O)c2cccnc2SC)cc1. The first-order valence-electron chi connectivity index (χ1n) is 7.19. The van der Waals surface area contributed by atoms with E-state index in [4.69, 9.17) is 4.74 Å². The summed E-state index contributed by atoms with van der Waals surface area (Å²) >= 11 is 1.32. The number of hydrogen-bond donors (Lipinski definition) is 1. The molecule has 0 atom stereocenters. The van der Waals surface area contributed by atoms with Gasteiger partial charge in [-0.2, -0.15) is 0 Å². The highest BCUT2D eigenvalue weighted by molar-refractivity contribution is 7.98. The summed E-state index contributed by atoms with van der Waals surface area (Å²) in [4.78, 5) is 39.3. The Bertz CT molecular complexity index is 777. The topological polar surface area (TPSA) is 94.6 Å².